The standard InChI is InChI=1S/C16H24N2O3S2/c1-18(14-8-11-23(20,21)13-14)12-16(19)17-9-5-10-22-15-6-3-2-4-7-15/h2-4,6-7,14H,5,8-13H2,1H3,(H,17,19)/t14-/m0/s1. The molecular weight excluding hydrogens is 332 g/mol. The number of hydrogen-bond acceptors (Lipinski definition) is 5. The van der Waals surface area contributed by atoms with Crippen molar-refractivity contribution in [1.29, 1.82) is 0 Å². The minimum absolute atomic E-state index is 0.0283. The Kier molecular flexibility index (Phi) is 6.92. The van der Waals surface area contributed by atoms with Crippen LogP contribution in [0.2, 0.25) is 0 Å². The lowest BCUT2D eigenvalue weighted by molar-refractivity contribution is -0.122. The number of hydrogen-bond donors (Lipinski definition) is 1. The van der Waals surface area contributed by atoms with Crippen LogP contribution >= 0.6 is 11.8 Å². The molecule has 5 nitrogen and oxygen atoms in total. The van der Waals surface area contributed by atoms with Crippen molar-refractivity contribution < 1.29 is 13.2 Å². The summed E-state index contributed by atoms with van der Waals surface area (Å²) in [6.07, 6.45) is 1.53. The minimum atomic E-state index is -2.90. The molecule has 1 saturated heterocycles. The molecule has 0 spiro atoms. The average Bonchev–Trinajstić information content (AvgIpc) is 2.88. The summed E-state index contributed by atoms with van der Waals surface area (Å²) < 4.78 is 22.9. The van der Waals surface area contributed by atoms with Crippen LogP contribution < -0.4 is 5.32 Å². The second-order valence-corrected chi connectivity index (χ2v) is 9.23. The van der Waals surface area contributed by atoms with Gasteiger partial charge in [-0.3, -0.25) is 9.69 Å². The van der Waals surface area contributed by atoms with E-state index < -0.39 is 9.84 Å². The van der Waals surface area contributed by atoms with Gasteiger partial charge in [0.05, 0.1) is 18.1 Å². The van der Waals surface area contributed by atoms with E-state index in [1.807, 2.05) is 30.1 Å². The molecular formula is C16H24N2O3S2. The highest BCUT2D eigenvalue weighted by atomic mass is 32.2. The van der Waals surface area contributed by atoms with Crippen molar-refractivity contribution in [3.8, 4) is 0 Å². The number of nitrogens with zero attached hydrogens (tertiary/aromatic N) is 1. The van der Waals surface area contributed by atoms with Gasteiger partial charge in [-0.15, -0.1) is 11.8 Å². The topological polar surface area (TPSA) is 66.5 Å². The van der Waals surface area contributed by atoms with Crippen molar-refractivity contribution in [2.24, 2.45) is 0 Å². The van der Waals surface area contributed by atoms with Crippen LogP contribution in [0.4, 0.5) is 0 Å². The summed E-state index contributed by atoms with van der Waals surface area (Å²) in [6.45, 7) is 0.904. The molecule has 1 amide bonds. The first-order valence-corrected chi connectivity index (χ1v) is 10.6. The maximum Gasteiger partial charge on any atom is 0.234 e. The van der Waals surface area contributed by atoms with Gasteiger partial charge in [0.25, 0.3) is 0 Å². The molecule has 2 rings (SSSR count). The monoisotopic (exact) mass is 356 g/mol. The Morgan fingerprint density at radius 1 is 1.35 bits per heavy atom. The minimum Gasteiger partial charge on any atom is -0.355 e. The van der Waals surface area contributed by atoms with Crippen LogP contribution in [0.5, 0.6) is 0 Å². The first kappa shape index (κ1) is 18.3. The third kappa shape index (κ3) is 6.53. The molecule has 7 heteroatoms. The molecule has 1 aliphatic rings. The van der Waals surface area contributed by atoms with E-state index in [0.717, 1.165) is 12.2 Å². The molecule has 128 valence electrons. The number of carbonyl (C=O) groups is 1. The number of likely N-dealkylation sites (N-methyl/N-ethyl adjacent to an activating group) is 1. The number of sulfone groups is 1. The smallest absolute Gasteiger partial charge is 0.234 e. The molecule has 1 heterocycles. The fourth-order valence-corrected chi connectivity index (χ4v) is 5.22. The Labute approximate surface area is 142 Å². The Morgan fingerprint density at radius 2 is 2.09 bits per heavy atom. The van der Waals surface area contributed by atoms with E-state index in [-0.39, 0.29) is 30.0 Å². The highest BCUT2D eigenvalue weighted by Gasteiger charge is 2.31. The molecule has 1 aromatic carbocycles. The summed E-state index contributed by atoms with van der Waals surface area (Å²) in [6, 6.07) is 10.2. The Morgan fingerprint density at radius 3 is 2.74 bits per heavy atom. The van der Waals surface area contributed by atoms with Crippen LogP contribution in [0.25, 0.3) is 0 Å². The van der Waals surface area contributed by atoms with Crippen molar-refractivity contribution in [2.75, 3.05) is 37.4 Å². The summed E-state index contributed by atoms with van der Waals surface area (Å²) in [5.74, 6) is 1.33. The molecule has 0 aliphatic carbocycles. The van der Waals surface area contributed by atoms with Gasteiger partial charge in [0.15, 0.2) is 9.84 Å². The SMILES string of the molecule is CN(CC(=O)NCCCSc1ccccc1)[C@H]1CCS(=O)(=O)C1. The molecule has 1 aliphatic heterocycles. The first-order chi connectivity index (χ1) is 11.0. The van der Waals surface area contributed by atoms with Crippen LogP contribution in [0.3, 0.4) is 0 Å². The molecule has 1 fully saturated rings. The number of nitrogens with one attached hydrogen (secondary N) is 1. The quantitative estimate of drug-likeness (QED) is 0.563. The Bertz CT molecular complexity index is 605. The summed E-state index contributed by atoms with van der Waals surface area (Å²) >= 11 is 1.78. The molecule has 0 bridgehead atoms. The summed E-state index contributed by atoms with van der Waals surface area (Å²) in [7, 11) is -1.09. The van der Waals surface area contributed by atoms with Gasteiger partial charge in [-0.2, -0.15) is 0 Å². The molecule has 1 N–H and O–H groups in total. The second kappa shape index (κ2) is 8.70. The van der Waals surface area contributed by atoms with E-state index in [0.29, 0.717) is 13.0 Å². The van der Waals surface area contributed by atoms with E-state index in [2.05, 4.69) is 17.4 Å². The van der Waals surface area contributed by atoms with Gasteiger partial charge < -0.3 is 5.32 Å². The van der Waals surface area contributed by atoms with Crippen LogP contribution in [0, 0.1) is 0 Å². The van der Waals surface area contributed by atoms with E-state index in [4.69, 9.17) is 0 Å². The molecule has 1 aromatic rings. The third-order valence-electron chi connectivity index (χ3n) is 3.88. The molecule has 23 heavy (non-hydrogen) atoms. The van der Waals surface area contributed by atoms with Crippen molar-refractivity contribution in [2.45, 2.75) is 23.8 Å². The molecule has 0 unspecified atom stereocenters. The Hall–Kier alpha value is -1.05. The van der Waals surface area contributed by atoms with Crippen LogP contribution in [0.1, 0.15) is 12.8 Å². The van der Waals surface area contributed by atoms with Crippen LogP contribution in [0.15, 0.2) is 35.2 Å². The largest absolute Gasteiger partial charge is 0.355 e. The molecule has 0 radical (unpaired) electrons. The number of carbonyl (C=O) groups excluding carboxylic acids is 1. The zero-order chi connectivity index (χ0) is 16.7. The van der Waals surface area contributed by atoms with Crippen molar-refractivity contribution in [1.82, 2.24) is 10.2 Å². The van der Waals surface area contributed by atoms with Crippen molar-refractivity contribution in [3.63, 3.8) is 0 Å². The lowest BCUT2D eigenvalue weighted by Gasteiger charge is -2.22. The van der Waals surface area contributed by atoms with Crippen LogP contribution in [-0.4, -0.2) is 62.7 Å². The lowest BCUT2D eigenvalue weighted by atomic mass is 10.2. The zero-order valence-corrected chi connectivity index (χ0v) is 15.0. The van der Waals surface area contributed by atoms with Gasteiger partial charge in [-0.1, -0.05) is 18.2 Å². The molecule has 0 saturated carbocycles. The predicted octanol–water partition coefficient (Wildman–Crippen LogP) is 1.40. The third-order valence-corrected chi connectivity index (χ3v) is 6.73. The Balaban J connectivity index is 1.58. The predicted molar refractivity (Wildman–Crippen MR) is 94.5 cm³/mol. The summed E-state index contributed by atoms with van der Waals surface area (Å²) in [5, 5.41) is 2.90. The van der Waals surface area contributed by atoms with Gasteiger partial charge in [0.2, 0.25) is 5.91 Å². The van der Waals surface area contributed by atoms with Gasteiger partial charge in [-0.25, -0.2) is 8.42 Å². The maximum absolute atomic E-state index is 11.9. The van der Waals surface area contributed by atoms with E-state index >= 15 is 0 Å². The lowest BCUT2D eigenvalue weighted by Crippen LogP contribution is -2.41. The van der Waals surface area contributed by atoms with Crippen molar-refractivity contribution in [3.05, 3.63) is 30.3 Å². The summed E-state index contributed by atoms with van der Waals surface area (Å²) in [4.78, 5) is 15.0. The fourth-order valence-electron chi connectivity index (χ4n) is 2.54. The molecule has 1 atom stereocenters. The van der Waals surface area contributed by atoms with E-state index in [1.165, 1.54) is 4.90 Å². The zero-order valence-electron chi connectivity index (χ0n) is 13.4. The average molecular weight is 357 g/mol. The number of thioether (sulfide) groups is 1. The normalized spacial score (nSPS) is 19.8. The number of benzene rings is 1. The number of amides is 1. The van der Waals surface area contributed by atoms with Crippen LogP contribution in [-0.2, 0) is 14.6 Å². The highest BCUT2D eigenvalue weighted by molar-refractivity contribution is 7.99. The van der Waals surface area contributed by atoms with Gasteiger partial charge in [0.1, 0.15) is 0 Å². The van der Waals surface area contributed by atoms with Gasteiger partial charge >= 0.3 is 0 Å². The first-order valence-electron chi connectivity index (χ1n) is 7.81. The van der Waals surface area contributed by atoms with Gasteiger partial charge in [0, 0.05) is 17.5 Å². The maximum atomic E-state index is 11.9. The number of rotatable bonds is 8. The molecule has 0 aromatic heterocycles. The second-order valence-electron chi connectivity index (χ2n) is 5.84. The summed E-state index contributed by atoms with van der Waals surface area (Å²) in [5.41, 5.74) is 0. The highest BCUT2D eigenvalue weighted by Crippen LogP contribution is 2.17. The fraction of sp³-hybridized carbons (Fsp3) is 0.562. The van der Waals surface area contributed by atoms with Gasteiger partial charge in [-0.05, 0) is 37.8 Å². The van der Waals surface area contributed by atoms with Crippen molar-refractivity contribution >= 4 is 27.5 Å². The van der Waals surface area contributed by atoms with E-state index in [1.54, 1.807) is 11.8 Å². The van der Waals surface area contributed by atoms with E-state index in [9.17, 15) is 13.2 Å².